The molecule has 0 aliphatic heterocycles. The Morgan fingerprint density at radius 1 is 0.923 bits per heavy atom. The van der Waals surface area contributed by atoms with Crippen LogP contribution < -0.4 is 10.1 Å². The third kappa shape index (κ3) is 3.89. The van der Waals surface area contributed by atoms with Crippen LogP contribution in [-0.2, 0) is 0 Å². The van der Waals surface area contributed by atoms with Gasteiger partial charge in [-0.15, -0.1) is 0 Å². The third-order valence-electron chi connectivity index (χ3n) is 3.81. The SMILES string of the molecule is Cc1cc(C(=O)Nc2ccccc2C(=O)O)ccc1Oc1ccccc1. The molecule has 0 saturated carbocycles. The van der Waals surface area contributed by atoms with Crippen molar-refractivity contribution >= 4 is 17.6 Å². The number of para-hydroxylation sites is 2. The van der Waals surface area contributed by atoms with Crippen LogP contribution in [0.5, 0.6) is 11.5 Å². The summed E-state index contributed by atoms with van der Waals surface area (Å²) in [5, 5.41) is 11.8. The molecule has 130 valence electrons. The van der Waals surface area contributed by atoms with E-state index in [2.05, 4.69) is 5.32 Å². The summed E-state index contributed by atoms with van der Waals surface area (Å²) in [6, 6.07) is 20.7. The van der Waals surface area contributed by atoms with Gasteiger partial charge in [0, 0.05) is 5.56 Å². The number of rotatable bonds is 5. The van der Waals surface area contributed by atoms with E-state index in [-0.39, 0.29) is 17.2 Å². The first kappa shape index (κ1) is 17.2. The minimum atomic E-state index is -1.09. The van der Waals surface area contributed by atoms with Gasteiger partial charge in [0.2, 0.25) is 0 Å². The molecule has 3 rings (SSSR count). The van der Waals surface area contributed by atoms with Crippen molar-refractivity contribution in [3.05, 3.63) is 89.5 Å². The van der Waals surface area contributed by atoms with E-state index in [0.29, 0.717) is 17.1 Å². The van der Waals surface area contributed by atoms with Crippen molar-refractivity contribution < 1.29 is 19.4 Å². The van der Waals surface area contributed by atoms with Crippen molar-refractivity contribution in [3.63, 3.8) is 0 Å². The molecule has 2 N–H and O–H groups in total. The molecule has 0 unspecified atom stereocenters. The van der Waals surface area contributed by atoms with E-state index < -0.39 is 5.97 Å². The fourth-order valence-corrected chi connectivity index (χ4v) is 2.49. The van der Waals surface area contributed by atoms with Crippen molar-refractivity contribution in [2.75, 3.05) is 5.32 Å². The second kappa shape index (κ2) is 7.53. The average Bonchev–Trinajstić information content (AvgIpc) is 2.64. The van der Waals surface area contributed by atoms with E-state index >= 15 is 0 Å². The fourth-order valence-electron chi connectivity index (χ4n) is 2.49. The Balaban J connectivity index is 1.79. The molecular weight excluding hydrogens is 330 g/mol. The molecule has 0 radical (unpaired) electrons. The van der Waals surface area contributed by atoms with Gasteiger partial charge in [-0.1, -0.05) is 30.3 Å². The van der Waals surface area contributed by atoms with E-state index in [1.54, 1.807) is 36.4 Å². The number of amides is 1. The van der Waals surface area contributed by atoms with E-state index in [1.165, 1.54) is 6.07 Å². The molecule has 0 spiro atoms. The summed E-state index contributed by atoms with van der Waals surface area (Å²) >= 11 is 0. The molecular formula is C21H17NO4. The Morgan fingerprint density at radius 3 is 2.31 bits per heavy atom. The van der Waals surface area contributed by atoms with Crippen molar-refractivity contribution in [3.8, 4) is 11.5 Å². The van der Waals surface area contributed by atoms with Crippen LogP contribution in [0.4, 0.5) is 5.69 Å². The predicted octanol–water partition coefficient (Wildman–Crippen LogP) is 4.74. The smallest absolute Gasteiger partial charge is 0.337 e. The maximum absolute atomic E-state index is 12.5. The van der Waals surface area contributed by atoms with E-state index in [9.17, 15) is 14.7 Å². The van der Waals surface area contributed by atoms with Gasteiger partial charge < -0.3 is 15.2 Å². The maximum atomic E-state index is 12.5. The van der Waals surface area contributed by atoms with Gasteiger partial charge in [-0.05, 0) is 55.0 Å². The number of aromatic carboxylic acids is 1. The summed E-state index contributed by atoms with van der Waals surface area (Å²) in [4.78, 5) is 23.7. The summed E-state index contributed by atoms with van der Waals surface area (Å²) in [6.45, 7) is 1.85. The predicted molar refractivity (Wildman–Crippen MR) is 99.0 cm³/mol. The normalized spacial score (nSPS) is 10.2. The molecule has 0 atom stereocenters. The van der Waals surface area contributed by atoms with Gasteiger partial charge in [-0.25, -0.2) is 4.79 Å². The summed E-state index contributed by atoms with van der Waals surface area (Å²) in [7, 11) is 0. The molecule has 0 aromatic heterocycles. The Hall–Kier alpha value is -3.60. The highest BCUT2D eigenvalue weighted by Gasteiger charge is 2.14. The van der Waals surface area contributed by atoms with Crippen LogP contribution in [0.25, 0.3) is 0 Å². The standard InChI is InChI=1S/C21H17NO4/c1-14-13-15(11-12-19(14)26-16-7-3-2-4-8-16)20(23)22-18-10-6-5-9-17(18)21(24)25/h2-13H,1H3,(H,22,23)(H,24,25). The molecule has 0 bridgehead atoms. The quantitative estimate of drug-likeness (QED) is 0.699. The molecule has 5 nitrogen and oxygen atoms in total. The lowest BCUT2D eigenvalue weighted by molar-refractivity contribution is 0.0698. The largest absolute Gasteiger partial charge is 0.478 e. The van der Waals surface area contributed by atoms with Crippen molar-refractivity contribution in [1.82, 2.24) is 0 Å². The lowest BCUT2D eigenvalue weighted by Gasteiger charge is -2.11. The first-order valence-corrected chi connectivity index (χ1v) is 8.02. The van der Waals surface area contributed by atoms with Gasteiger partial charge in [-0.2, -0.15) is 0 Å². The van der Waals surface area contributed by atoms with Crippen LogP contribution in [0.3, 0.4) is 0 Å². The number of aryl methyl sites for hydroxylation is 1. The van der Waals surface area contributed by atoms with Gasteiger partial charge in [0.15, 0.2) is 0 Å². The number of carboxylic acid groups (broad SMARTS) is 1. The molecule has 3 aromatic rings. The molecule has 0 aliphatic rings. The van der Waals surface area contributed by atoms with Crippen LogP contribution >= 0.6 is 0 Å². The van der Waals surface area contributed by atoms with Gasteiger partial charge in [0.05, 0.1) is 11.3 Å². The molecule has 26 heavy (non-hydrogen) atoms. The van der Waals surface area contributed by atoms with Gasteiger partial charge in [-0.3, -0.25) is 4.79 Å². The van der Waals surface area contributed by atoms with E-state index in [1.807, 2.05) is 37.3 Å². The van der Waals surface area contributed by atoms with Crippen LogP contribution in [0, 0.1) is 6.92 Å². The highest BCUT2D eigenvalue weighted by atomic mass is 16.5. The number of ether oxygens (including phenoxy) is 1. The zero-order valence-electron chi connectivity index (χ0n) is 14.1. The second-order valence-corrected chi connectivity index (χ2v) is 5.70. The zero-order chi connectivity index (χ0) is 18.5. The highest BCUT2D eigenvalue weighted by Crippen LogP contribution is 2.26. The van der Waals surface area contributed by atoms with Gasteiger partial charge in [0.1, 0.15) is 11.5 Å². The number of hydrogen-bond donors (Lipinski definition) is 2. The minimum absolute atomic E-state index is 0.0432. The summed E-state index contributed by atoms with van der Waals surface area (Å²) in [6.07, 6.45) is 0. The van der Waals surface area contributed by atoms with Crippen LogP contribution in [0.1, 0.15) is 26.3 Å². The van der Waals surface area contributed by atoms with Crippen molar-refractivity contribution in [2.24, 2.45) is 0 Å². The summed E-state index contributed by atoms with van der Waals surface area (Å²) in [5.74, 6) is -0.112. The molecule has 0 heterocycles. The number of nitrogens with one attached hydrogen (secondary N) is 1. The summed E-state index contributed by atoms with van der Waals surface area (Å²) in [5.41, 5.74) is 1.52. The first-order chi connectivity index (χ1) is 12.5. The fraction of sp³-hybridized carbons (Fsp3) is 0.0476. The van der Waals surface area contributed by atoms with Crippen molar-refractivity contribution in [2.45, 2.75) is 6.92 Å². The molecule has 0 fully saturated rings. The first-order valence-electron chi connectivity index (χ1n) is 8.02. The number of carboxylic acids is 1. The van der Waals surface area contributed by atoms with Crippen LogP contribution in [0.2, 0.25) is 0 Å². The number of hydrogen-bond acceptors (Lipinski definition) is 3. The third-order valence-corrected chi connectivity index (χ3v) is 3.81. The minimum Gasteiger partial charge on any atom is -0.478 e. The lowest BCUT2D eigenvalue weighted by Crippen LogP contribution is -2.15. The van der Waals surface area contributed by atoms with Gasteiger partial charge >= 0.3 is 5.97 Å². The molecule has 0 saturated heterocycles. The molecule has 3 aromatic carbocycles. The topological polar surface area (TPSA) is 75.6 Å². The zero-order valence-corrected chi connectivity index (χ0v) is 14.1. The second-order valence-electron chi connectivity index (χ2n) is 5.70. The monoisotopic (exact) mass is 347 g/mol. The summed E-state index contributed by atoms with van der Waals surface area (Å²) < 4.78 is 5.80. The average molecular weight is 347 g/mol. The van der Waals surface area contributed by atoms with Crippen LogP contribution in [0.15, 0.2) is 72.8 Å². The van der Waals surface area contributed by atoms with E-state index in [4.69, 9.17) is 4.74 Å². The van der Waals surface area contributed by atoms with Gasteiger partial charge in [0.25, 0.3) is 5.91 Å². The number of anilines is 1. The Labute approximate surface area is 150 Å². The molecule has 5 heteroatoms. The molecule has 0 aliphatic carbocycles. The maximum Gasteiger partial charge on any atom is 0.337 e. The number of carbonyl (C=O) groups excluding carboxylic acids is 1. The Kier molecular flexibility index (Phi) is 4.99. The van der Waals surface area contributed by atoms with Crippen molar-refractivity contribution in [1.29, 1.82) is 0 Å². The van der Waals surface area contributed by atoms with Crippen LogP contribution in [-0.4, -0.2) is 17.0 Å². The number of carbonyl (C=O) groups is 2. The lowest BCUT2D eigenvalue weighted by atomic mass is 10.1. The van der Waals surface area contributed by atoms with E-state index in [0.717, 1.165) is 5.56 Å². The Morgan fingerprint density at radius 2 is 1.62 bits per heavy atom. The Bertz CT molecular complexity index is 951. The highest BCUT2D eigenvalue weighted by molar-refractivity contribution is 6.07. The number of benzene rings is 3. The molecule has 1 amide bonds.